The number of nitriles is 1. The molecule has 3 aromatic carbocycles. The van der Waals surface area contributed by atoms with Crippen LogP contribution in [0.2, 0.25) is 0 Å². The minimum atomic E-state index is -0.598. The summed E-state index contributed by atoms with van der Waals surface area (Å²) >= 11 is 0. The number of nitrogens with zero attached hydrogens (tertiary/aromatic N) is 1. The molecule has 0 saturated heterocycles. The van der Waals surface area contributed by atoms with Crippen molar-refractivity contribution < 1.29 is 19.0 Å². The summed E-state index contributed by atoms with van der Waals surface area (Å²) in [4.78, 5) is 16.7. The molecule has 0 bridgehead atoms. The fourth-order valence-electron chi connectivity index (χ4n) is 4.28. The Balaban J connectivity index is 1.65. The maximum absolute atomic E-state index is 13.8. The van der Waals surface area contributed by atoms with E-state index in [-0.39, 0.29) is 18.1 Å². The van der Waals surface area contributed by atoms with Crippen molar-refractivity contribution in [3.63, 3.8) is 0 Å². The van der Waals surface area contributed by atoms with E-state index in [1.807, 2.05) is 50.4 Å². The Kier molecular flexibility index (Phi) is 7.67. The van der Waals surface area contributed by atoms with Gasteiger partial charge >= 0.3 is 0 Å². The maximum atomic E-state index is 13.8. The Morgan fingerprint density at radius 1 is 1.17 bits per heavy atom. The molecule has 0 fully saturated rings. The molecule has 0 aliphatic carbocycles. The van der Waals surface area contributed by atoms with E-state index in [4.69, 9.17) is 4.74 Å². The molecule has 1 unspecified atom stereocenters. The summed E-state index contributed by atoms with van der Waals surface area (Å²) in [6.07, 6.45) is 2.67. The Morgan fingerprint density at radius 3 is 2.67 bits per heavy atom. The zero-order chi connectivity index (χ0) is 25.7. The van der Waals surface area contributed by atoms with Gasteiger partial charge in [-0.3, -0.25) is 4.79 Å². The van der Waals surface area contributed by atoms with E-state index in [1.54, 1.807) is 24.3 Å². The van der Waals surface area contributed by atoms with Crippen molar-refractivity contribution in [3.8, 4) is 22.9 Å². The number of aliphatic hydroxyl groups is 1. The Bertz CT molecular complexity index is 1420. The van der Waals surface area contributed by atoms with Crippen molar-refractivity contribution >= 4 is 16.8 Å². The fraction of sp³-hybridized carbons (Fsp3) is 0.241. The standard InChI is InChI=1S/C29H28FN3O3/c1-3-12-36-28-11-9-20(19-8-10-25(30)21(13-19)15-31)14-23(28)29(35)33-27(17-34)18(2)24-16-32-26-7-5-4-6-22(24)26/h4-11,13-14,16,18,27,32,34H,3,12,17H2,1-2H3,(H,33,35)/t18-,27?/m1/s1. The molecule has 1 amide bonds. The van der Waals surface area contributed by atoms with Gasteiger partial charge in [-0.05, 0) is 53.4 Å². The molecule has 4 aromatic rings. The molecule has 0 saturated carbocycles. The quantitative estimate of drug-likeness (QED) is 0.290. The summed E-state index contributed by atoms with van der Waals surface area (Å²) < 4.78 is 19.7. The zero-order valence-corrected chi connectivity index (χ0v) is 20.2. The monoisotopic (exact) mass is 485 g/mol. The van der Waals surface area contributed by atoms with Crippen LogP contribution in [0.5, 0.6) is 5.75 Å². The highest BCUT2D eigenvalue weighted by Gasteiger charge is 2.25. The SMILES string of the molecule is CCCOc1ccc(-c2ccc(F)c(C#N)c2)cc1C(=O)NC(CO)[C@H](C)c1c[nH]c2ccccc12. The van der Waals surface area contributed by atoms with Gasteiger partial charge in [0.25, 0.3) is 5.91 Å². The molecule has 1 aromatic heterocycles. The lowest BCUT2D eigenvalue weighted by Crippen LogP contribution is -2.41. The number of aromatic nitrogens is 1. The first kappa shape index (κ1) is 25.0. The van der Waals surface area contributed by atoms with Crippen LogP contribution in [-0.4, -0.2) is 35.3 Å². The van der Waals surface area contributed by atoms with Crippen LogP contribution in [0.4, 0.5) is 4.39 Å². The normalized spacial score (nSPS) is 12.6. The number of carbonyl (C=O) groups is 1. The average molecular weight is 486 g/mol. The van der Waals surface area contributed by atoms with Crippen LogP contribution >= 0.6 is 0 Å². The fourth-order valence-corrected chi connectivity index (χ4v) is 4.28. The van der Waals surface area contributed by atoms with Gasteiger partial charge in [0.2, 0.25) is 0 Å². The third kappa shape index (κ3) is 5.09. The molecule has 0 aliphatic heterocycles. The predicted molar refractivity (Wildman–Crippen MR) is 137 cm³/mol. The minimum absolute atomic E-state index is 0.0716. The first-order valence-corrected chi connectivity index (χ1v) is 11.9. The number of H-pyrrole nitrogens is 1. The van der Waals surface area contributed by atoms with Crippen molar-refractivity contribution in [3.05, 3.63) is 89.4 Å². The number of amides is 1. The molecule has 6 nitrogen and oxygen atoms in total. The summed E-state index contributed by atoms with van der Waals surface area (Å²) in [6.45, 7) is 4.12. The van der Waals surface area contributed by atoms with Crippen LogP contribution in [0.1, 0.15) is 47.7 Å². The number of hydrogen-bond donors (Lipinski definition) is 3. The van der Waals surface area contributed by atoms with Crippen LogP contribution in [0.15, 0.2) is 66.9 Å². The number of ether oxygens (including phenoxy) is 1. The molecule has 7 heteroatoms. The number of halogens is 1. The van der Waals surface area contributed by atoms with E-state index in [9.17, 15) is 19.6 Å². The van der Waals surface area contributed by atoms with Gasteiger partial charge in [-0.2, -0.15) is 5.26 Å². The number of aliphatic hydroxyl groups excluding tert-OH is 1. The number of hydrogen-bond acceptors (Lipinski definition) is 4. The molecule has 0 spiro atoms. The lowest BCUT2D eigenvalue weighted by atomic mass is 9.93. The van der Waals surface area contributed by atoms with E-state index in [2.05, 4.69) is 10.3 Å². The molecule has 184 valence electrons. The van der Waals surface area contributed by atoms with Gasteiger partial charge in [0, 0.05) is 23.0 Å². The molecule has 2 atom stereocenters. The molecule has 0 radical (unpaired) electrons. The lowest BCUT2D eigenvalue weighted by Gasteiger charge is -2.24. The van der Waals surface area contributed by atoms with Gasteiger partial charge in [0.15, 0.2) is 0 Å². The van der Waals surface area contributed by atoms with Crippen molar-refractivity contribution in [1.29, 1.82) is 5.26 Å². The highest BCUT2D eigenvalue weighted by Crippen LogP contribution is 2.30. The molecule has 36 heavy (non-hydrogen) atoms. The largest absolute Gasteiger partial charge is 0.493 e. The number of rotatable bonds is 9. The van der Waals surface area contributed by atoms with Gasteiger partial charge in [-0.25, -0.2) is 4.39 Å². The molecule has 0 aliphatic rings. The van der Waals surface area contributed by atoms with Gasteiger partial charge in [0.1, 0.15) is 17.6 Å². The van der Waals surface area contributed by atoms with Crippen LogP contribution in [-0.2, 0) is 0 Å². The highest BCUT2D eigenvalue weighted by molar-refractivity contribution is 5.98. The summed E-state index contributed by atoms with van der Waals surface area (Å²) in [6, 6.07) is 18.6. The average Bonchev–Trinajstić information content (AvgIpc) is 3.34. The third-order valence-corrected chi connectivity index (χ3v) is 6.33. The minimum Gasteiger partial charge on any atom is -0.493 e. The summed E-state index contributed by atoms with van der Waals surface area (Å²) in [5, 5.41) is 23.4. The van der Waals surface area contributed by atoms with E-state index < -0.39 is 17.8 Å². The molecular formula is C29H28FN3O3. The zero-order valence-electron chi connectivity index (χ0n) is 20.2. The van der Waals surface area contributed by atoms with Crippen LogP contribution in [0.3, 0.4) is 0 Å². The number of benzene rings is 3. The second-order valence-electron chi connectivity index (χ2n) is 8.71. The van der Waals surface area contributed by atoms with Gasteiger partial charge < -0.3 is 20.1 Å². The van der Waals surface area contributed by atoms with E-state index in [0.29, 0.717) is 29.0 Å². The first-order chi connectivity index (χ1) is 17.5. The van der Waals surface area contributed by atoms with Crippen LogP contribution in [0.25, 0.3) is 22.0 Å². The second kappa shape index (κ2) is 11.1. The van der Waals surface area contributed by atoms with Gasteiger partial charge in [-0.15, -0.1) is 0 Å². The maximum Gasteiger partial charge on any atom is 0.255 e. The van der Waals surface area contributed by atoms with Crippen LogP contribution < -0.4 is 10.1 Å². The van der Waals surface area contributed by atoms with E-state index >= 15 is 0 Å². The smallest absolute Gasteiger partial charge is 0.255 e. The number of nitrogens with one attached hydrogen (secondary N) is 2. The van der Waals surface area contributed by atoms with Gasteiger partial charge in [0.05, 0.1) is 30.4 Å². The van der Waals surface area contributed by atoms with E-state index in [1.165, 1.54) is 12.1 Å². The lowest BCUT2D eigenvalue weighted by molar-refractivity contribution is 0.0903. The number of carbonyl (C=O) groups excluding carboxylic acids is 1. The number of aromatic amines is 1. The Hall–Kier alpha value is -4.15. The van der Waals surface area contributed by atoms with Crippen LogP contribution in [0, 0.1) is 17.1 Å². The molecule has 1 heterocycles. The number of fused-ring (bicyclic) bond motifs is 1. The number of para-hydroxylation sites is 1. The summed E-state index contributed by atoms with van der Waals surface area (Å²) in [5.74, 6) is -0.749. The predicted octanol–water partition coefficient (Wildman–Crippen LogP) is 5.53. The highest BCUT2D eigenvalue weighted by atomic mass is 19.1. The second-order valence-corrected chi connectivity index (χ2v) is 8.71. The summed E-state index contributed by atoms with van der Waals surface area (Å²) in [7, 11) is 0. The third-order valence-electron chi connectivity index (χ3n) is 6.33. The summed E-state index contributed by atoms with van der Waals surface area (Å²) in [5.41, 5.74) is 3.46. The van der Waals surface area contributed by atoms with Crippen molar-refractivity contribution in [2.24, 2.45) is 0 Å². The van der Waals surface area contributed by atoms with Crippen molar-refractivity contribution in [2.75, 3.05) is 13.2 Å². The molecular weight excluding hydrogens is 457 g/mol. The van der Waals surface area contributed by atoms with Crippen molar-refractivity contribution in [2.45, 2.75) is 32.2 Å². The Labute approximate surface area is 209 Å². The topological polar surface area (TPSA) is 98.1 Å². The Morgan fingerprint density at radius 2 is 1.92 bits per heavy atom. The van der Waals surface area contributed by atoms with Crippen molar-refractivity contribution in [1.82, 2.24) is 10.3 Å². The van der Waals surface area contributed by atoms with E-state index in [0.717, 1.165) is 22.9 Å². The first-order valence-electron chi connectivity index (χ1n) is 11.9. The van der Waals surface area contributed by atoms with Gasteiger partial charge in [-0.1, -0.05) is 44.2 Å². The molecule has 4 rings (SSSR count). The molecule has 3 N–H and O–H groups in total.